The molecule has 25 heavy (non-hydrogen) atoms. The van der Waals surface area contributed by atoms with E-state index in [1.165, 1.54) is 31.4 Å². The number of carbonyl (C=O) groups is 3. The molecule has 0 radical (unpaired) electrons. The number of ether oxygens (including phenoxy) is 3. The fraction of sp³-hybridized carbons (Fsp3) is 0.167. The molecule has 0 heterocycles. The Kier molecular flexibility index (Phi) is 6.53. The maximum atomic E-state index is 11.7. The maximum Gasteiger partial charge on any atom is 0.407 e. The molecule has 0 aromatic heterocycles. The van der Waals surface area contributed by atoms with Gasteiger partial charge in [0.05, 0.1) is 12.7 Å². The van der Waals surface area contributed by atoms with Gasteiger partial charge in [-0.25, -0.2) is 14.4 Å². The van der Waals surface area contributed by atoms with Gasteiger partial charge in [0.1, 0.15) is 18.9 Å². The Morgan fingerprint density at radius 2 is 1.64 bits per heavy atom. The Labute approximate surface area is 144 Å². The van der Waals surface area contributed by atoms with Crippen LogP contribution in [0.5, 0.6) is 5.75 Å². The number of hydrogen-bond donors (Lipinski definition) is 1. The summed E-state index contributed by atoms with van der Waals surface area (Å²) >= 11 is 0. The summed E-state index contributed by atoms with van der Waals surface area (Å²) < 4.78 is 14.6. The monoisotopic (exact) mass is 343 g/mol. The second-order valence-corrected chi connectivity index (χ2v) is 4.91. The molecular formula is C18H17NO6. The van der Waals surface area contributed by atoms with Crippen molar-refractivity contribution in [2.75, 3.05) is 13.7 Å². The third-order valence-corrected chi connectivity index (χ3v) is 3.10. The van der Waals surface area contributed by atoms with E-state index < -0.39 is 18.0 Å². The van der Waals surface area contributed by atoms with Crippen molar-refractivity contribution in [3.63, 3.8) is 0 Å². The van der Waals surface area contributed by atoms with Gasteiger partial charge in [0.25, 0.3) is 0 Å². The summed E-state index contributed by atoms with van der Waals surface area (Å²) in [6, 6.07) is 15.0. The van der Waals surface area contributed by atoms with Crippen LogP contribution >= 0.6 is 0 Å². The Morgan fingerprint density at radius 1 is 0.960 bits per heavy atom. The third kappa shape index (κ3) is 5.98. The predicted octanol–water partition coefficient (Wildman–Crippen LogP) is 2.31. The Bertz CT molecular complexity index is 727. The summed E-state index contributed by atoms with van der Waals surface area (Å²) in [4.78, 5) is 34.5. The van der Waals surface area contributed by atoms with Crippen LogP contribution in [0, 0.1) is 0 Å². The molecule has 130 valence electrons. The molecule has 0 aliphatic rings. The Hall–Kier alpha value is -3.35. The molecule has 0 saturated heterocycles. The number of nitrogens with one attached hydrogen (secondary N) is 1. The molecule has 0 bridgehead atoms. The van der Waals surface area contributed by atoms with Crippen LogP contribution in [-0.4, -0.2) is 31.7 Å². The van der Waals surface area contributed by atoms with Crippen LogP contribution in [0.4, 0.5) is 4.79 Å². The van der Waals surface area contributed by atoms with Gasteiger partial charge < -0.3 is 19.5 Å². The largest absolute Gasteiger partial charge is 0.465 e. The minimum absolute atomic E-state index is 0.108. The molecule has 7 nitrogen and oxygen atoms in total. The highest BCUT2D eigenvalue weighted by molar-refractivity contribution is 5.89. The number of alkyl carbamates (subject to hydrolysis) is 1. The first-order chi connectivity index (χ1) is 12.1. The Morgan fingerprint density at radius 3 is 2.28 bits per heavy atom. The lowest BCUT2D eigenvalue weighted by molar-refractivity contribution is -0.133. The summed E-state index contributed by atoms with van der Waals surface area (Å²) in [5.41, 5.74) is 1.18. The van der Waals surface area contributed by atoms with Gasteiger partial charge in [-0.2, -0.15) is 0 Å². The normalized spacial score (nSPS) is 9.80. The average molecular weight is 343 g/mol. The van der Waals surface area contributed by atoms with Crippen molar-refractivity contribution in [2.45, 2.75) is 6.61 Å². The van der Waals surface area contributed by atoms with Crippen LogP contribution in [-0.2, 0) is 20.9 Å². The number of hydrogen-bond acceptors (Lipinski definition) is 6. The fourth-order valence-electron chi connectivity index (χ4n) is 1.86. The molecule has 0 aliphatic carbocycles. The molecule has 7 heteroatoms. The van der Waals surface area contributed by atoms with Crippen molar-refractivity contribution in [3.8, 4) is 5.75 Å². The van der Waals surface area contributed by atoms with E-state index in [0.717, 1.165) is 5.56 Å². The molecule has 0 atom stereocenters. The van der Waals surface area contributed by atoms with Crippen molar-refractivity contribution in [2.24, 2.45) is 0 Å². The van der Waals surface area contributed by atoms with E-state index in [1.807, 2.05) is 30.3 Å². The van der Waals surface area contributed by atoms with Gasteiger partial charge >= 0.3 is 18.0 Å². The number of rotatable bonds is 6. The van der Waals surface area contributed by atoms with Gasteiger partial charge in [0.2, 0.25) is 0 Å². The zero-order chi connectivity index (χ0) is 18.1. The smallest absolute Gasteiger partial charge is 0.407 e. The highest BCUT2D eigenvalue weighted by atomic mass is 16.6. The minimum atomic E-state index is -0.721. The lowest BCUT2D eigenvalue weighted by atomic mass is 10.2. The molecule has 1 N–H and O–H groups in total. The Balaban J connectivity index is 1.73. The van der Waals surface area contributed by atoms with Gasteiger partial charge in [-0.05, 0) is 29.8 Å². The molecule has 0 aliphatic heterocycles. The molecular weight excluding hydrogens is 326 g/mol. The molecule has 0 unspecified atom stereocenters. The lowest BCUT2D eigenvalue weighted by Gasteiger charge is -2.08. The summed E-state index contributed by atoms with van der Waals surface area (Å²) in [6.45, 7) is -0.233. The van der Waals surface area contributed by atoms with Crippen LogP contribution in [0.3, 0.4) is 0 Å². The summed E-state index contributed by atoms with van der Waals surface area (Å²) in [6.07, 6.45) is -0.721. The molecule has 0 spiro atoms. The quantitative estimate of drug-likeness (QED) is 0.639. The van der Waals surface area contributed by atoms with Crippen LogP contribution in [0.15, 0.2) is 54.6 Å². The first-order valence-electron chi connectivity index (χ1n) is 7.42. The summed E-state index contributed by atoms with van der Waals surface area (Å²) in [5, 5.41) is 2.30. The predicted molar refractivity (Wildman–Crippen MR) is 88.0 cm³/mol. The van der Waals surface area contributed by atoms with Gasteiger partial charge in [-0.3, -0.25) is 0 Å². The van der Waals surface area contributed by atoms with Crippen LogP contribution < -0.4 is 10.1 Å². The van der Waals surface area contributed by atoms with Crippen LogP contribution in [0.25, 0.3) is 0 Å². The second kappa shape index (κ2) is 9.07. The van der Waals surface area contributed by atoms with Crippen molar-refractivity contribution in [1.82, 2.24) is 5.32 Å². The summed E-state index contributed by atoms with van der Waals surface area (Å²) in [7, 11) is 1.28. The average Bonchev–Trinajstić information content (AvgIpc) is 2.65. The van der Waals surface area contributed by atoms with E-state index in [2.05, 4.69) is 10.1 Å². The van der Waals surface area contributed by atoms with Crippen molar-refractivity contribution in [3.05, 3.63) is 65.7 Å². The van der Waals surface area contributed by atoms with Crippen molar-refractivity contribution >= 4 is 18.0 Å². The summed E-state index contributed by atoms with van der Waals surface area (Å²) in [5.74, 6) is -0.903. The first kappa shape index (κ1) is 18.0. The number of carbonyl (C=O) groups excluding carboxylic acids is 3. The number of methoxy groups -OCH3 is 1. The third-order valence-electron chi connectivity index (χ3n) is 3.10. The van der Waals surface area contributed by atoms with E-state index >= 15 is 0 Å². The van der Waals surface area contributed by atoms with E-state index in [9.17, 15) is 14.4 Å². The fourth-order valence-corrected chi connectivity index (χ4v) is 1.86. The molecule has 0 saturated carbocycles. The van der Waals surface area contributed by atoms with Crippen LogP contribution in [0.1, 0.15) is 15.9 Å². The number of amides is 1. The first-order valence-corrected chi connectivity index (χ1v) is 7.42. The molecule has 2 rings (SSSR count). The zero-order valence-corrected chi connectivity index (χ0v) is 13.6. The van der Waals surface area contributed by atoms with Crippen molar-refractivity contribution < 1.29 is 28.6 Å². The molecule has 0 fully saturated rings. The van der Waals surface area contributed by atoms with E-state index in [1.54, 1.807) is 0 Å². The molecule has 1 amide bonds. The standard InChI is InChI=1S/C18H17NO6/c1-23-17(21)14-7-9-15(10-8-14)25-16(20)11-19-18(22)24-12-13-5-3-2-4-6-13/h2-10H,11-12H2,1H3,(H,19,22). The van der Waals surface area contributed by atoms with E-state index in [0.29, 0.717) is 5.56 Å². The maximum absolute atomic E-state index is 11.7. The highest BCUT2D eigenvalue weighted by Crippen LogP contribution is 2.13. The number of esters is 2. The van der Waals surface area contributed by atoms with Gasteiger partial charge in [0, 0.05) is 0 Å². The topological polar surface area (TPSA) is 90.9 Å². The SMILES string of the molecule is COC(=O)c1ccc(OC(=O)CNC(=O)OCc2ccccc2)cc1. The van der Waals surface area contributed by atoms with Gasteiger partial charge in [-0.1, -0.05) is 30.3 Å². The zero-order valence-electron chi connectivity index (χ0n) is 13.6. The highest BCUT2D eigenvalue weighted by Gasteiger charge is 2.10. The lowest BCUT2D eigenvalue weighted by Crippen LogP contribution is -2.32. The van der Waals surface area contributed by atoms with Gasteiger partial charge in [-0.15, -0.1) is 0 Å². The second-order valence-electron chi connectivity index (χ2n) is 4.91. The number of benzene rings is 2. The van der Waals surface area contributed by atoms with Crippen molar-refractivity contribution in [1.29, 1.82) is 0 Å². The van der Waals surface area contributed by atoms with E-state index in [-0.39, 0.29) is 18.9 Å². The van der Waals surface area contributed by atoms with Crippen LogP contribution in [0.2, 0.25) is 0 Å². The van der Waals surface area contributed by atoms with E-state index in [4.69, 9.17) is 9.47 Å². The molecule has 2 aromatic rings. The minimum Gasteiger partial charge on any atom is -0.465 e. The van der Waals surface area contributed by atoms with Gasteiger partial charge in [0.15, 0.2) is 0 Å². The molecule has 2 aromatic carbocycles.